The first-order chi connectivity index (χ1) is 13.3. The molecular formula is C24H41NO2. The zero-order chi connectivity index (χ0) is 19.6. The summed E-state index contributed by atoms with van der Waals surface area (Å²) in [6.07, 6.45) is 17.6. The zero-order valence-corrected chi connectivity index (χ0v) is 17.7. The summed E-state index contributed by atoms with van der Waals surface area (Å²) in [6, 6.07) is 7.93. The van der Waals surface area contributed by atoms with Crippen molar-refractivity contribution < 1.29 is 9.94 Å². The van der Waals surface area contributed by atoms with E-state index in [1.54, 1.807) is 0 Å². The van der Waals surface area contributed by atoms with Gasteiger partial charge in [0.15, 0.2) is 0 Å². The first kappa shape index (κ1) is 23.5. The van der Waals surface area contributed by atoms with Crippen LogP contribution in [0.3, 0.4) is 0 Å². The molecule has 1 rings (SSSR count). The van der Waals surface area contributed by atoms with Gasteiger partial charge in [0, 0.05) is 5.56 Å². The van der Waals surface area contributed by atoms with Crippen molar-refractivity contribution in [3.63, 3.8) is 0 Å². The van der Waals surface area contributed by atoms with E-state index in [4.69, 9.17) is 4.74 Å². The van der Waals surface area contributed by atoms with Crippen molar-refractivity contribution in [3.8, 4) is 5.75 Å². The molecule has 0 aliphatic rings. The van der Waals surface area contributed by atoms with E-state index < -0.39 is 0 Å². The molecule has 0 saturated heterocycles. The SMILES string of the molecule is CCCCCCCCCCCCC/C(=N/O)c1cccc(OCCCC)c1. The van der Waals surface area contributed by atoms with Crippen molar-refractivity contribution in [2.24, 2.45) is 5.16 Å². The lowest BCUT2D eigenvalue weighted by molar-refractivity contribution is 0.309. The van der Waals surface area contributed by atoms with Crippen LogP contribution in [0.5, 0.6) is 5.75 Å². The van der Waals surface area contributed by atoms with Gasteiger partial charge in [-0.15, -0.1) is 0 Å². The van der Waals surface area contributed by atoms with E-state index in [0.717, 1.165) is 49.3 Å². The first-order valence-electron chi connectivity index (χ1n) is 11.3. The summed E-state index contributed by atoms with van der Waals surface area (Å²) in [5, 5.41) is 12.9. The Morgan fingerprint density at radius 1 is 0.815 bits per heavy atom. The maximum Gasteiger partial charge on any atom is 0.119 e. The normalized spacial score (nSPS) is 11.7. The topological polar surface area (TPSA) is 41.8 Å². The van der Waals surface area contributed by atoms with Gasteiger partial charge in [0.25, 0.3) is 0 Å². The summed E-state index contributed by atoms with van der Waals surface area (Å²) in [5.41, 5.74) is 1.74. The number of unbranched alkanes of at least 4 members (excludes halogenated alkanes) is 11. The molecule has 0 radical (unpaired) electrons. The molecule has 0 saturated carbocycles. The van der Waals surface area contributed by atoms with Crippen LogP contribution in [0.25, 0.3) is 0 Å². The average Bonchev–Trinajstić information content (AvgIpc) is 2.69. The van der Waals surface area contributed by atoms with Crippen molar-refractivity contribution in [1.82, 2.24) is 0 Å². The summed E-state index contributed by atoms with van der Waals surface area (Å²) in [7, 11) is 0. The fourth-order valence-electron chi connectivity index (χ4n) is 3.31. The number of benzene rings is 1. The van der Waals surface area contributed by atoms with E-state index >= 15 is 0 Å². The molecule has 0 aliphatic carbocycles. The van der Waals surface area contributed by atoms with E-state index in [0.29, 0.717) is 0 Å². The van der Waals surface area contributed by atoms with Gasteiger partial charge in [-0.1, -0.05) is 102 Å². The first-order valence-corrected chi connectivity index (χ1v) is 11.3. The molecule has 0 aromatic heterocycles. The van der Waals surface area contributed by atoms with E-state index in [1.165, 1.54) is 64.2 Å². The largest absolute Gasteiger partial charge is 0.494 e. The second kappa shape index (κ2) is 16.6. The number of ether oxygens (including phenoxy) is 1. The minimum atomic E-state index is 0.740. The minimum Gasteiger partial charge on any atom is -0.494 e. The molecule has 27 heavy (non-hydrogen) atoms. The zero-order valence-electron chi connectivity index (χ0n) is 17.7. The second-order valence-electron chi connectivity index (χ2n) is 7.56. The van der Waals surface area contributed by atoms with Crippen molar-refractivity contribution >= 4 is 5.71 Å². The fraction of sp³-hybridized carbons (Fsp3) is 0.708. The number of hydrogen-bond acceptors (Lipinski definition) is 3. The Hall–Kier alpha value is -1.51. The van der Waals surface area contributed by atoms with Gasteiger partial charge in [-0.05, 0) is 31.4 Å². The van der Waals surface area contributed by atoms with E-state index in [1.807, 2.05) is 24.3 Å². The third-order valence-electron chi connectivity index (χ3n) is 5.07. The Labute approximate surface area is 167 Å². The van der Waals surface area contributed by atoms with Crippen molar-refractivity contribution in [2.75, 3.05) is 6.61 Å². The number of nitrogens with zero attached hydrogens (tertiary/aromatic N) is 1. The highest BCUT2D eigenvalue weighted by Crippen LogP contribution is 2.18. The van der Waals surface area contributed by atoms with Crippen LogP contribution >= 0.6 is 0 Å². The van der Waals surface area contributed by atoms with Crippen LogP contribution in [0.2, 0.25) is 0 Å². The smallest absolute Gasteiger partial charge is 0.119 e. The molecule has 0 spiro atoms. The Morgan fingerprint density at radius 2 is 1.41 bits per heavy atom. The Bertz CT molecular complexity index is 499. The quantitative estimate of drug-likeness (QED) is 0.131. The monoisotopic (exact) mass is 375 g/mol. The summed E-state index contributed by atoms with van der Waals surface area (Å²) in [4.78, 5) is 0. The van der Waals surface area contributed by atoms with Gasteiger partial charge < -0.3 is 9.94 Å². The van der Waals surface area contributed by atoms with Gasteiger partial charge in [0.05, 0.1) is 12.3 Å². The molecule has 0 atom stereocenters. The summed E-state index contributed by atoms with van der Waals surface area (Å²) in [5.74, 6) is 0.862. The molecular weight excluding hydrogens is 334 g/mol. The van der Waals surface area contributed by atoms with Gasteiger partial charge in [-0.3, -0.25) is 0 Å². The highest BCUT2D eigenvalue weighted by Gasteiger charge is 2.06. The predicted molar refractivity (Wildman–Crippen MR) is 116 cm³/mol. The van der Waals surface area contributed by atoms with Crippen molar-refractivity contribution in [3.05, 3.63) is 29.8 Å². The maximum absolute atomic E-state index is 9.39. The van der Waals surface area contributed by atoms with E-state index in [9.17, 15) is 5.21 Å². The van der Waals surface area contributed by atoms with Gasteiger partial charge >= 0.3 is 0 Å². The molecule has 1 aromatic carbocycles. The van der Waals surface area contributed by atoms with Crippen LogP contribution in [0, 0.1) is 0 Å². The molecule has 0 bridgehead atoms. The van der Waals surface area contributed by atoms with Crippen LogP contribution in [0.15, 0.2) is 29.4 Å². The number of oxime groups is 1. The van der Waals surface area contributed by atoms with Crippen LogP contribution in [-0.4, -0.2) is 17.5 Å². The number of rotatable bonds is 17. The summed E-state index contributed by atoms with van der Waals surface area (Å²) >= 11 is 0. The highest BCUT2D eigenvalue weighted by atomic mass is 16.5. The van der Waals surface area contributed by atoms with Crippen molar-refractivity contribution in [1.29, 1.82) is 0 Å². The van der Waals surface area contributed by atoms with E-state index in [-0.39, 0.29) is 0 Å². The fourth-order valence-corrected chi connectivity index (χ4v) is 3.31. The van der Waals surface area contributed by atoms with Gasteiger partial charge in [0.2, 0.25) is 0 Å². The molecule has 1 N–H and O–H groups in total. The Kier molecular flexibility index (Phi) is 14.5. The van der Waals surface area contributed by atoms with Gasteiger partial charge in [-0.2, -0.15) is 0 Å². The molecule has 0 heterocycles. The molecule has 3 heteroatoms. The standard InChI is InChI=1S/C24H41NO2/c1-3-5-7-8-9-10-11-12-13-14-15-19-24(25-26)22-17-16-18-23(21-22)27-20-6-4-2/h16-18,21,26H,3-15,19-20H2,1-2H3/b25-24-. The molecule has 0 aliphatic heterocycles. The van der Waals surface area contributed by atoms with Gasteiger partial charge in [-0.25, -0.2) is 0 Å². The lowest BCUT2D eigenvalue weighted by Gasteiger charge is -2.09. The third kappa shape index (κ3) is 11.7. The highest BCUT2D eigenvalue weighted by molar-refractivity contribution is 6.00. The Morgan fingerprint density at radius 3 is 2.00 bits per heavy atom. The average molecular weight is 376 g/mol. The molecule has 154 valence electrons. The van der Waals surface area contributed by atoms with Crippen molar-refractivity contribution in [2.45, 2.75) is 104 Å². The Balaban J connectivity index is 2.17. The van der Waals surface area contributed by atoms with E-state index in [2.05, 4.69) is 19.0 Å². The minimum absolute atomic E-state index is 0.740. The lowest BCUT2D eigenvalue weighted by Crippen LogP contribution is -2.03. The summed E-state index contributed by atoms with van der Waals surface area (Å²) < 4.78 is 5.76. The van der Waals surface area contributed by atoms with Crippen LogP contribution in [0.4, 0.5) is 0 Å². The third-order valence-corrected chi connectivity index (χ3v) is 5.07. The van der Waals surface area contributed by atoms with Gasteiger partial charge in [0.1, 0.15) is 5.75 Å². The molecule has 0 amide bonds. The molecule has 0 fully saturated rings. The molecule has 0 unspecified atom stereocenters. The second-order valence-corrected chi connectivity index (χ2v) is 7.56. The number of hydrogen-bond donors (Lipinski definition) is 1. The maximum atomic E-state index is 9.39. The molecule has 1 aromatic rings. The summed E-state index contributed by atoms with van der Waals surface area (Å²) in [6.45, 7) is 5.17. The lowest BCUT2D eigenvalue weighted by atomic mass is 10.0. The predicted octanol–water partition coefficient (Wildman–Crippen LogP) is 7.74. The molecule has 3 nitrogen and oxygen atoms in total. The van der Waals surface area contributed by atoms with Crippen LogP contribution in [-0.2, 0) is 0 Å². The van der Waals surface area contributed by atoms with Crippen LogP contribution in [0.1, 0.15) is 109 Å². The van der Waals surface area contributed by atoms with Crippen LogP contribution < -0.4 is 4.74 Å².